The Labute approximate surface area is 124 Å². The lowest BCUT2D eigenvalue weighted by Crippen LogP contribution is -2.29. The number of nitrogen functional groups attached to an aromatic ring is 1. The van der Waals surface area contributed by atoms with Crippen molar-refractivity contribution in [2.75, 3.05) is 28.7 Å². The van der Waals surface area contributed by atoms with Crippen molar-refractivity contribution in [3.63, 3.8) is 0 Å². The fourth-order valence-corrected chi connectivity index (χ4v) is 4.14. The molecule has 3 aliphatic rings. The minimum atomic E-state index is 0.442. The van der Waals surface area contributed by atoms with Gasteiger partial charge in [0.2, 0.25) is 17.8 Å². The Morgan fingerprint density at radius 3 is 2.48 bits per heavy atom. The van der Waals surface area contributed by atoms with Crippen LogP contribution in [-0.4, -0.2) is 34.1 Å². The SMILES string of the molecule is NNc1nc(NC2CC3CCC2C3)nc(N2CCCC2)n1. The molecule has 1 aromatic heterocycles. The molecule has 7 heteroatoms. The van der Waals surface area contributed by atoms with Crippen LogP contribution in [0.4, 0.5) is 17.8 Å². The number of nitrogens with two attached hydrogens (primary N) is 1. The van der Waals surface area contributed by atoms with Crippen LogP contribution in [0.3, 0.4) is 0 Å². The normalized spacial score (nSPS) is 30.9. The van der Waals surface area contributed by atoms with Crippen LogP contribution in [-0.2, 0) is 0 Å². The summed E-state index contributed by atoms with van der Waals surface area (Å²) in [5.41, 5.74) is 2.56. The summed E-state index contributed by atoms with van der Waals surface area (Å²) in [6, 6.07) is 0.517. The Morgan fingerprint density at radius 2 is 1.81 bits per heavy atom. The van der Waals surface area contributed by atoms with E-state index in [1.54, 1.807) is 0 Å². The lowest BCUT2D eigenvalue weighted by molar-refractivity contribution is 0.438. The van der Waals surface area contributed by atoms with E-state index in [4.69, 9.17) is 5.84 Å². The first kappa shape index (κ1) is 13.1. The maximum Gasteiger partial charge on any atom is 0.243 e. The molecule has 7 nitrogen and oxygen atoms in total. The third kappa shape index (κ3) is 2.50. The number of rotatable bonds is 4. The summed E-state index contributed by atoms with van der Waals surface area (Å²) in [7, 11) is 0. The summed E-state index contributed by atoms with van der Waals surface area (Å²) >= 11 is 0. The molecule has 2 aliphatic carbocycles. The second kappa shape index (κ2) is 5.29. The van der Waals surface area contributed by atoms with Crippen molar-refractivity contribution in [3.05, 3.63) is 0 Å². The first-order chi connectivity index (χ1) is 10.3. The molecule has 0 amide bonds. The van der Waals surface area contributed by atoms with Crippen molar-refractivity contribution in [2.24, 2.45) is 17.7 Å². The number of nitrogens with one attached hydrogen (secondary N) is 2. The van der Waals surface area contributed by atoms with E-state index in [-0.39, 0.29) is 0 Å². The predicted octanol–water partition coefficient (Wildman–Crippen LogP) is 1.36. The summed E-state index contributed by atoms with van der Waals surface area (Å²) < 4.78 is 0. The molecule has 0 spiro atoms. The van der Waals surface area contributed by atoms with E-state index in [0.29, 0.717) is 17.9 Å². The van der Waals surface area contributed by atoms with Gasteiger partial charge in [-0.05, 0) is 43.9 Å². The summed E-state index contributed by atoms with van der Waals surface area (Å²) in [5.74, 6) is 9.04. The van der Waals surface area contributed by atoms with E-state index in [2.05, 4.69) is 30.6 Å². The summed E-state index contributed by atoms with van der Waals surface area (Å²) in [5, 5.41) is 3.53. The van der Waals surface area contributed by atoms with Crippen molar-refractivity contribution in [1.82, 2.24) is 15.0 Å². The molecule has 1 aromatic rings. The molecule has 3 atom stereocenters. The Bertz CT molecular complexity index is 514. The van der Waals surface area contributed by atoms with Crippen LogP contribution in [0.25, 0.3) is 0 Å². The molecular weight excluding hydrogens is 266 g/mol. The lowest BCUT2D eigenvalue weighted by Gasteiger charge is -2.24. The standard InChI is InChI=1S/C14H23N7/c15-20-13-17-12(16-11-8-9-3-4-10(11)7-9)18-14(19-13)21-5-1-2-6-21/h9-11H,1-8,15H2,(H2,16,17,18,19,20). The number of nitrogens with zero attached hydrogens (tertiary/aromatic N) is 4. The molecule has 1 saturated heterocycles. The molecule has 0 radical (unpaired) electrons. The van der Waals surface area contributed by atoms with Crippen molar-refractivity contribution in [1.29, 1.82) is 0 Å². The fourth-order valence-electron chi connectivity index (χ4n) is 4.14. The van der Waals surface area contributed by atoms with Crippen LogP contribution in [0.5, 0.6) is 0 Å². The highest BCUT2D eigenvalue weighted by Gasteiger charge is 2.39. The zero-order valence-electron chi connectivity index (χ0n) is 12.3. The molecule has 4 N–H and O–H groups in total. The van der Waals surface area contributed by atoms with E-state index in [0.717, 1.165) is 30.9 Å². The van der Waals surface area contributed by atoms with E-state index >= 15 is 0 Å². The molecule has 0 aromatic carbocycles. The van der Waals surface area contributed by atoms with Gasteiger partial charge in [0.1, 0.15) is 0 Å². The fraction of sp³-hybridized carbons (Fsp3) is 0.786. The van der Waals surface area contributed by atoms with Gasteiger partial charge in [-0.15, -0.1) is 0 Å². The van der Waals surface area contributed by atoms with Gasteiger partial charge in [0.25, 0.3) is 0 Å². The van der Waals surface area contributed by atoms with Crippen LogP contribution in [0.1, 0.15) is 38.5 Å². The van der Waals surface area contributed by atoms with Gasteiger partial charge >= 0.3 is 0 Å². The number of hydrogen-bond donors (Lipinski definition) is 3. The Morgan fingerprint density at radius 1 is 1.00 bits per heavy atom. The van der Waals surface area contributed by atoms with Gasteiger partial charge < -0.3 is 10.2 Å². The molecule has 2 bridgehead atoms. The summed E-state index contributed by atoms with van der Waals surface area (Å²) in [6.45, 7) is 2.03. The minimum Gasteiger partial charge on any atom is -0.351 e. The average molecular weight is 289 g/mol. The van der Waals surface area contributed by atoms with Crippen molar-refractivity contribution < 1.29 is 0 Å². The quantitative estimate of drug-likeness (QED) is 0.569. The van der Waals surface area contributed by atoms with Gasteiger partial charge in [0.05, 0.1) is 0 Å². The third-order valence-corrected chi connectivity index (χ3v) is 5.19. The zero-order chi connectivity index (χ0) is 14.2. The predicted molar refractivity (Wildman–Crippen MR) is 81.9 cm³/mol. The molecule has 2 saturated carbocycles. The maximum absolute atomic E-state index is 5.51. The van der Waals surface area contributed by atoms with E-state index in [1.807, 2.05) is 0 Å². The average Bonchev–Trinajstić information content (AvgIpc) is 3.24. The van der Waals surface area contributed by atoms with Crippen molar-refractivity contribution >= 4 is 17.8 Å². The monoisotopic (exact) mass is 289 g/mol. The second-order valence-corrected chi connectivity index (χ2v) is 6.55. The number of fused-ring (bicyclic) bond motifs is 2. The van der Waals surface area contributed by atoms with Crippen molar-refractivity contribution in [3.8, 4) is 0 Å². The highest BCUT2D eigenvalue weighted by Crippen LogP contribution is 2.45. The summed E-state index contributed by atoms with van der Waals surface area (Å²) in [4.78, 5) is 15.6. The molecule has 3 fully saturated rings. The Balaban J connectivity index is 1.54. The molecule has 3 unspecified atom stereocenters. The largest absolute Gasteiger partial charge is 0.351 e. The number of anilines is 3. The number of hydrazine groups is 1. The molecular formula is C14H23N7. The second-order valence-electron chi connectivity index (χ2n) is 6.55. The van der Waals surface area contributed by atoms with Crippen LogP contribution < -0.4 is 21.5 Å². The number of hydrogen-bond acceptors (Lipinski definition) is 7. The third-order valence-electron chi connectivity index (χ3n) is 5.19. The van der Waals surface area contributed by atoms with Gasteiger partial charge in [-0.1, -0.05) is 6.42 Å². The van der Waals surface area contributed by atoms with E-state index in [1.165, 1.54) is 38.5 Å². The first-order valence-corrected chi connectivity index (χ1v) is 8.06. The molecule has 21 heavy (non-hydrogen) atoms. The van der Waals surface area contributed by atoms with Crippen LogP contribution in [0, 0.1) is 11.8 Å². The van der Waals surface area contributed by atoms with Crippen LogP contribution in [0.2, 0.25) is 0 Å². The Hall–Kier alpha value is -1.63. The topological polar surface area (TPSA) is 92.0 Å². The highest BCUT2D eigenvalue weighted by atomic mass is 15.4. The smallest absolute Gasteiger partial charge is 0.243 e. The van der Waals surface area contributed by atoms with Crippen LogP contribution in [0.15, 0.2) is 0 Å². The van der Waals surface area contributed by atoms with Crippen molar-refractivity contribution in [2.45, 2.75) is 44.6 Å². The Kier molecular flexibility index (Phi) is 3.29. The first-order valence-electron chi connectivity index (χ1n) is 8.06. The van der Waals surface area contributed by atoms with E-state index in [9.17, 15) is 0 Å². The molecule has 4 rings (SSSR count). The zero-order valence-corrected chi connectivity index (χ0v) is 12.3. The van der Waals surface area contributed by atoms with Gasteiger partial charge in [0.15, 0.2) is 0 Å². The van der Waals surface area contributed by atoms with Gasteiger partial charge in [-0.2, -0.15) is 15.0 Å². The molecule has 1 aliphatic heterocycles. The maximum atomic E-state index is 5.51. The highest BCUT2D eigenvalue weighted by molar-refractivity contribution is 5.44. The number of aromatic nitrogens is 3. The van der Waals surface area contributed by atoms with Gasteiger partial charge in [-0.3, -0.25) is 5.43 Å². The van der Waals surface area contributed by atoms with Crippen LogP contribution >= 0.6 is 0 Å². The molecule has 114 valence electrons. The minimum absolute atomic E-state index is 0.442. The van der Waals surface area contributed by atoms with Gasteiger partial charge in [0, 0.05) is 19.1 Å². The lowest BCUT2D eigenvalue weighted by atomic mass is 9.95. The molecule has 2 heterocycles. The summed E-state index contributed by atoms with van der Waals surface area (Å²) in [6.07, 6.45) is 7.76. The van der Waals surface area contributed by atoms with E-state index < -0.39 is 0 Å². The van der Waals surface area contributed by atoms with Gasteiger partial charge in [-0.25, -0.2) is 5.84 Å².